The number of hydrogen-bond donors (Lipinski definition) is 1. The summed E-state index contributed by atoms with van der Waals surface area (Å²) in [5.74, 6) is 0.341. The van der Waals surface area contributed by atoms with Gasteiger partial charge in [0.15, 0.2) is 16.2 Å². The van der Waals surface area contributed by atoms with E-state index in [1.807, 2.05) is 0 Å². The lowest BCUT2D eigenvalue weighted by Gasteiger charge is -2.25. The van der Waals surface area contributed by atoms with Gasteiger partial charge in [0.2, 0.25) is 15.9 Å². The molecular formula is C19H21ClN2O5S. The molecule has 150 valence electrons. The van der Waals surface area contributed by atoms with Crippen LogP contribution in [0.15, 0.2) is 42.5 Å². The van der Waals surface area contributed by atoms with Crippen molar-refractivity contribution in [2.24, 2.45) is 0 Å². The van der Waals surface area contributed by atoms with Gasteiger partial charge < -0.3 is 14.8 Å². The number of ether oxygens (including phenoxy) is 2. The minimum Gasteiger partial charge on any atom is -0.493 e. The predicted molar refractivity (Wildman–Crippen MR) is 109 cm³/mol. The maximum absolute atomic E-state index is 13.1. The van der Waals surface area contributed by atoms with Gasteiger partial charge in [-0.05, 0) is 49.7 Å². The molecule has 1 aliphatic heterocycles. The lowest BCUT2D eigenvalue weighted by atomic mass is 10.1. The van der Waals surface area contributed by atoms with Gasteiger partial charge in [0.05, 0.1) is 19.9 Å². The van der Waals surface area contributed by atoms with Crippen LogP contribution in [0.5, 0.6) is 11.5 Å². The van der Waals surface area contributed by atoms with Crippen molar-refractivity contribution >= 4 is 38.9 Å². The van der Waals surface area contributed by atoms with Gasteiger partial charge in [-0.3, -0.25) is 9.10 Å². The summed E-state index contributed by atoms with van der Waals surface area (Å²) in [6, 6.07) is 11.3. The van der Waals surface area contributed by atoms with Crippen molar-refractivity contribution in [1.82, 2.24) is 0 Å². The molecule has 9 heteroatoms. The molecule has 0 unspecified atom stereocenters. The molecule has 7 nitrogen and oxygen atoms in total. The van der Waals surface area contributed by atoms with E-state index in [9.17, 15) is 13.2 Å². The molecule has 2 aromatic rings. The Hall–Kier alpha value is -2.45. The molecule has 0 saturated carbocycles. The van der Waals surface area contributed by atoms with E-state index in [2.05, 4.69) is 5.32 Å². The van der Waals surface area contributed by atoms with Crippen LogP contribution >= 0.6 is 11.6 Å². The van der Waals surface area contributed by atoms with Crippen molar-refractivity contribution in [2.75, 3.05) is 30.4 Å². The SMILES string of the molecule is COc1ccc(NC(=O)[C@@]2(C)CCN(c3ccc(Cl)cc3)S2(=O)=O)cc1OC. The molecular weight excluding hydrogens is 404 g/mol. The molecule has 1 atom stereocenters. The van der Waals surface area contributed by atoms with Gasteiger partial charge in [-0.2, -0.15) is 0 Å². The minimum atomic E-state index is -3.92. The van der Waals surface area contributed by atoms with E-state index in [0.29, 0.717) is 27.9 Å². The number of nitrogens with one attached hydrogen (secondary N) is 1. The molecule has 1 saturated heterocycles. The summed E-state index contributed by atoms with van der Waals surface area (Å²) in [6.07, 6.45) is 0.164. The van der Waals surface area contributed by atoms with E-state index < -0.39 is 20.7 Å². The Kier molecular flexibility index (Phi) is 5.45. The maximum Gasteiger partial charge on any atom is 0.249 e. The molecule has 28 heavy (non-hydrogen) atoms. The van der Waals surface area contributed by atoms with Gasteiger partial charge in [-0.15, -0.1) is 0 Å². The first-order valence-electron chi connectivity index (χ1n) is 8.54. The zero-order valence-electron chi connectivity index (χ0n) is 15.7. The quantitative estimate of drug-likeness (QED) is 0.796. The van der Waals surface area contributed by atoms with E-state index >= 15 is 0 Å². The molecule has 1 N–H and O–H groups in total. The molecule has 2 aromatic carbocycles. The van der Waals surface area contributed by atoms with Crippen molar-refractivity contribution in [2.45, 2.75) is 18.1 Å². The molecule has 0 aliphatic carbocycles. The maximum atomic E-state index is 13.1. The van der Waals surface area contributed by atoms with Gasteiger partial charge >= 0.3 is 0 Å². The van der Waals surface area contributed by atoms with Crippen LogP contribution in [0.3, 0.4) is 0 Å². The van der Waals surface area contributed by atoms with Gasteiger partial charge in [-0.25, -0.2) is 8.42 Å². The zero-order chi connectivity index (χ0) is 20.5. The summed E-state index contributed by atoms with van der Waals surface area (Å²) < 4.78 is 36.3. The fourth-order valence-corrected chi connectivity index (χ4v) is 5.07. The number of anilines is 2. The summed E-state index contributed by atoms with van der Waals surface area (Å²) in [4.78, 5) is 12.9. The normalized spacial score (nSPS) is 20.6. The molecule has 0 aromatic heterocycles. The smallest absolute Gasteiger partial charge is 0.249 e. The summed E-state index contributed by atoms with van der Waals surface area (Å²) in [6.45, 7) is 1.65. The molecule has 0 radical (unpaired) electrons. The van der Waals surface area contributed by atoms with Crippen molar-refractivity contribution in [1.29, 1.82) is 0 Å². The Labute approximate surface area is 169 Å². The standard InChI is InChI=1S/C19H21ClN2O5S/c1-19(18(23)21-14-6-9-16(26-2)17(12-14)27-3)10-11-22(28(19,24)25)15-7-4-13(20)5-8-15/h4-9,12H,10-11H2,1-3H3,(H,21,23)/t19-/m1/s1. The number of benzene rings is 2. The van der Waals surface area contributed by atoms with Crippen LogP contribution in [0.25, 0.3) is 0 Å². The average Bonchev–Trinajstić information content (AvgIpc) is 2.92. The molecule has 0 spiro atoms. The highest BCUT2D eigenvalue weighted by atomic mass is 35.5. The third-order valence-electron chi connectivity index (χ3n) is 4.89. The van der Waals surface area contributed by atoms with E-state index in [1.165, 1.54) is 25.4 Å². The minimum absolute atomic E-state index is 0.164. The number of carbonyl (C=O) groups excluding carboxylic acids is 1. The summed E-state index contributed by atoms with van der Waals surface area (Å²) >= 11 is 5.88. The first-order valence-corrected chi connectivity index (χ1v) is 10.4. The number of halogens is 1. The number of carbonyl (C=O) groups is 1. The molecule has 3 rings (SSSR count). The average molecular weight is 425 g/mol. The van der Waals surface area contributed by atoms with Crippen LogP contribution in [-0.2, 0) is 14.8 Å². The number of nitrogens with zero attached hydrogens (tertiary/aromatic N) is 1. The van der Waals surface area contributed by atoms with E-state index in [-0.39, 0.29) is 13.0 Å². The topological polar surface area (TPSA) is 84.9 Å². The molecule has 1 heterocycles. The monoisotopic (exact) mass is 424 g/mol. The fraction of sp³-hybridized carbons (Fsp3) is 0.316. The van der Waals surface area contributed by atoms with Crippen molar-refractivity contribution < 1.29 is 22.7 Å². The van der Waals surface area contributed by atoms with Gasteiger partial charge in [0, 0.05) is 23.3 Å². The van der Waals surface area contributed by atoms with Gasteiger partial charge in [-0.1, -0.05) is 11.6 Å². The highest BCUT2D eigenvalue weighted by Gasteiger charge is 2.54. The summed E-state index contributed by atoms with van der Waals surface area (Å²) in [7, 11) is -0.929. The first-order chi connectivity index (χ1) is 13.2. The Balaban J connectivity index is 1.86. The summed E-state index contributed by atoms with van der Waals surface area (Å²) in [5.41, 5.74) is 0.899. The van der Waals surface area contributed by atoms with Gasteiger partial charge in [0.25, 0.3) is 0 Å². The van der Waals surface area contributed by atoms with E-state index in [4.69, 9.17) is 21.1 Å². The number of amides is 1. The van der Waals surface area contributed by atoms with Crippen LogP contribution in [0.4, 0.5) is 11.4 Å². The lowest BCUT2D eigenvalue weighted by molar-refractivity contribution is -0.118. The van der Waals surface area contributed by atoms with Crippen LogP contribution in [0, 0.1) is 0 Å². The molecule has 1 amide bonds. The number of rotatable bonds is 5. The molecule has 1 aliphatic rings. The van der Waals surface area contributed by atoms with E-state index in [0.717, 1.165) is 0 Å². The number of hydrogen-bond acceptors (Lipinski definition) is 5. The largest absolute Gasteiger partial charge is 0.493 e. The van der Waals surface area contributed by atoms with Crippen molar-refractivity contribution in [3.63, 3.8) is 0 Å². The number of methoxy groups -OCH3 is 2. The number of sulfonamides is 1. The Bertz CT molecular complexity index is 994. The third-order valence-corrected chi connectivity index (χ3v) is 7.64. The second-order valence-electron chi connectivity index (χ2n) is 6.56. The molecule has 0 bridgehead atoms. The Morgan fingerprint density at radius 2 is 1.75 bits per heavy atom. The molecule has 1 fully saturated rings. The first kappa shape index (κ1) is 20.3. The summed E-state index contributed by atoms with van der Waals surface area (Å²) in [5, 5.41) is 3.19. The fourth-order valence-electron chi connectivity index (χ4n) is 3.09. The Morgan fingerprint density at radius 3 is 2.36 bits per heavy atom. The second kappa shape index (κ2) is 7.52. The second-order valence-corrected chi connectivity index (χ2v) is 9.29. The zero-order valence-corrected chi connectivity index (χ0v) is 17.3. The lowest BCUT2D eigenvalue weighted by Crippen LogP contribution is -2.47. The van der Waals surface area contributed by atoms with Crippen molar-refractivity contribution in [3.05, 3.63) is 47.5 Å². The van der Waals surface area contributed by atoms with Gasteiger partial charge in [0.1, 0.15) is 0 Å². The van der Waals surface area contributed by atoms with Crippen LogP contribution in [0.1, 0.15) is 13.3 Å². The highest BCUT2D eigenvalue weighted by Crippen LogP contribution is 2.38. The van der Waals surface area contributed by atoms with Crippen molar-refractivity contribution in [3.8, 4) is 11.5 Å². The Morgan fingerprint density at radius 1 is 1.11 bits per heavy atom. The van der Waals surface area contributed by atoms with Crippen LogP contribution in [-0.4, -0.2) is 39.8 Å². The van der Waals surface area contributed by atoms with E-state index in [1.54, 1.807) is 42.5 Å². The predicted octanol–water partition coefficient (Wildman–Crippen LogP) is 3.29. The van der Waals surface area contributed by atoms with Crippen LogP contribution in [0.2, 0.25) is 5.02 Å². The third kappa shape index (κ3) is 3.38. The van der Waals surface area contributed by atoms with Crippen LogP contribution < -0.4 is 19.1 Å². The highest BCUT2D eigenvalue weighted by molar-refractivity contribution is 7.95.